The van der Waals surface area contributed by atoms with Crippen LogP contribution in [0.25, 0.3) is 15.7 Å². The van der Waals surface area contributed by atoms with Crippen LogP contribution in [0.5, 0.6) is 0 Å². The summed E-state index contributed by atoms with van der Waals surface area (Å²) in [6.45, 7) is 1.14. The van der Waals surface area contributed by atoms with E-state index in [1.807, 2.05) is 11.3 Å². The molecule has 2 aliphatic carbocycles. The Labute approximate surface area is 124 Å². The van der Waals surface area contributed by atoms with Crippen molar-refractivity contribution in [1.82, 2.24) is 4.90 Å². The van der Waals surface area contributed by atoms with E-state index in [0.717, 1.165) is 18.4 Å². The van der Waals surface area contributed by atoms with Gasteiger partial charge in [0.25, 0.3) is 0 Å². The van der Waals surface area contributed by atoms with Crippen LogP contribution in [-0.4, -0.2) is 25.5 Å². The molecule has 2 heteroatoms. The molecule has 2 unspecified atom stereocenters. The zero-order valence-corrected chi connectivity index (χ0v) is 13.0. The molecule has 1 saturated carbocycles. The number of hydrogen-bond acceptors (Lipinski definition) is 2. The average molecular weight is 283 g/mol. The maximum Gasteiger partial charge on any atom is 0.0348 e. The van der Waals surface area contributed by atoms with E-state index in [0.29, 0.717) is 0 Å². The summed E-state index contributed by atoms with van der Waals surface area (Å²) in [6, 6.07) is 9.29. The third-order valence-electron chi connectivity index (χ3n) is 4.93. The van der Waals surface area contributed by atoms with E-state index >= 15 is 0 Å². The van der Waals surface area contributed by atoms with Crippen LogP contribution in [0.2, 0.25) is 0 Å². The van der Waals surface area contributed by atoms with E-state index < -0.39 is 0 Å². The van der Waals surface area contributed by atoms with Gasteiger partial charge in [0, 0.05) is 11.2 Å². The second-order valence-corrected chi connectivity index (χ2v) is 7.50. The van der Waals surface area contributed by atoms with Gasteiger partial charge in [0.1, 0.15) is 0 Å². The van der Waals surface area contributed by atoms with Gasteiger partial charge >= 0.3 is 0 Å². The van der Waals surface area contributed by atoms with E-state index in [9.17, 15) is 0 Å². The number of allylic oxidation sites excluding steroid dienone is 1. The number of benzene rings is 1. The molecule has 0 amide bonds. The summed E-state index contributed by atoms with van der Waals surface area (Å²) in [5.74, 6) is 1.68. The summed E-state index contributed by atoms with van der Waals surface area (Å²) in [7, 11) is 4.39. The van der Waals surface area contributed by atoms with Crippen molar-refractivity contribution in [3.05, 3.63) is 40.8 Å². The number of nitrogens with zero attached hydrogens (tertiary/aromatic N) is 1. The van der Waals surface area contributed by atoms with Gasteiger partial charge in [-0.05, 0) is 84.8 Å². The molecule has 0 aliphatic heterocycles. The van der Waals surface area contributed by atoms with Crippen LogP contribution in [0.3, 0.4) is 0 Å². The standard InChI is InChI=1S/C18H21NS/c1-19(2)11-16-13-4-6-14(9-13)18(16)15-5-3-12-7-8-20-17(12)10-15/h3,5,7-8,10,13-14H,4,6,9,11H2,1-2H3. The fourth-order valence-electron chi connectivity index (χ4n) is 4.14. The first-order chi connectivity index (χ1) is 9.72. The lowest BCUT2D eigenvalue weighted by Gasteiger charge is -2.23. The minimum Gasteiger partial charge on any atom is -0.305 e. The van der Waals surface area contributed by atoms with Crippen molar-refractivity contribution in [3.8, 4) is 0 Å². The van der Waals surface area contributed by atoms with Crippen molar-refractivity contribution in [2.45, 2.75) is 19.3 Å². The Bertz CT molecular complexity index is 680. The maximum atomic E-state index is 2.42. The molecule has 0 radical (unpaired) electrons. The molecule has 4 rings (SSSR count). The van der Waals surface area contributed by atoms with E-state index in [-0.39, 0.29) is 0 Å². The molecule has 2 aliphatic rings. The van der Waals surface area contributed by atoms with Crippen molar-refractivity contribution in [2.75, 3.05) is 20.6 Å². The summed E-state index contributed by atoms with van der Waals surface area (Å²) < 4.78 is 1.43. The van der Waals surface area contributed by atoms with Crippen LogP contribution in [0.15, 0.2) is 35.2 Å². The molecule has 1 nitrogen and oxygen atoms in total. The maximum absolute atomic E-state index is 2.42. The van der Waals surface area contributed by atoms with Crippen LogP contribution in [0.4, 0.5) is 0 Å². The molecule has 0 saturated heterocycles. The smallest absolute Gasteiger partial charge is 0.0348 e. The largest absolute Gasteiger partial charge is 0.305 e. The predicted molar refractivity (Wildman–Crippen MR) is 88.1 cm³/mol. The summed E-state index contributed by atoms with van der Waals surface area (Å²) in [4.78, 5) is 2.33. The van der Waals surface area contributed by atoms with E-state index in [1.165, 1.54) is 34.9 Å². The fourth-order valence-corrected chi connectivity index (χ4v) is 4.97. The normalized spacial score (nSPS) is 25.4. The molecule has 0 N–H and O–H groups in total. The van der Waals surface area contributed by atoms with Crippen molar-refractivity contribution in [2.24, 2.45) is 11.8 Å². The van der Waals surface area contributed by atoms with Gasteiger partial charge in [0.15, 0.2) is 0 Å². The summed E-state index contributed by atoms with van der Waals surface area (Å²) in [6.07, 6.45) is 4.22. The molecule has 1 aromatic heterocycles. The third kappa shape index (κ3) is 1.94. The highest BCUT2D eigenvalue weighted by atomic mass is 32.1. The SMILES string of the molecule is CN(C)CC1=C(c2ccc3ccsc3c2)C2CCC1C2. The molecule has 2 atom stereocenters. The lowest BCUT2D eigenvalue weighted by Crippen LogP contribution is -2.19. The van der Waals surface area contributed by atoms with Crippen molar-refractivity contribution in [1.29, 1.82) is 0 Å². The molecule has 0 spiro atoms. The van der Waals surface area contributed by atoms with Crippen molar-refractivity contribution < 1.29 is 0 Å². The predicted octanol–water partition coefficient (Wildman–Crippen LogP) is 4.65. The van der Waals surface area contributed by atoms with Gasteiger partial charge in [-0.3, -0.25) is 0 Å². The van der Waals surface area contributed by atoms with Crippen LogP contribution >= 0.6 is 11.3 Å². The van der Waals surface area contributed by atoms with Gasteiger partial charge in [-0.1, -0.05) is 12.1 Å². The summed E-state index contributed by atoms with van der Waals surface area (Å²) >= 11 is 1.86. The molecule has 1 heterocycles. The first-order valence-electron chi connectivity index (χ1n) is 7.57. The zero-order chi connectivity index (χ0) is 13.7. The monoisotopic (exact) mass is 283 g/mol. The molecular weight excluding hydrogens is 262 g/mol. The molecule has 1 aromatic carbocycles. The number of rotatable bonds is 3. The zero-order valence-electron chi connectivity index (χ0n) is 12.2. The first-order valence-corrected chi connectivity index (χ1v) is 8.45. The van der Waals surface area contributed by atoms with Gasteiger partial charge in [0.2, 0.25) is 0 Å². The minimum atomic E-state index is 0.826. The van der Waals surface area contributed by atoms with Crippen LogP contribution < -0.4 is 0 Å². The lowest BCUT2D eigenvalue weighted by atomic mass is 9.87. The summed E-state index contributed by atoms with van der Waals surface area (Å²) in [5, 5.41) is 3.58. The summed E-state index contributed by atoms with van der Waals surface area (Å²) in [5.41, 5.74) is 4.90. The Morgan fingerprint density at radius 2 is 2.00 bits per heavy atom. The van der Waals surface area contributed by atoms with Crippen LogP contribution in [0, 0.1) is 11.8 Å². The fraction of sp³-hybridized carbons (Fsp3) is 0.444. The first kappa shape index (κ1) is 12.6. The van der Waals surface area contributed by atoms with Gasteiger partial charge in [-0.2, -0.15) is 0 Å². The second-order valence-electron chi connectivity index (χ2n) is 6.56. The third-order valence-corrected chi connectivity index (χ3v) is 5.81. The van der Waals surface area contributed by atoms with E-state index in [2.05, 4.69) is 48.6 Å². The quantitative estimate of drug-likeness (QED) is 0.792. The highest BCUT2D eigenvalue weighted by Crippen LogP contribution is 2.52. The van der Waals surface area contributed by atoms with Gasteiger partial charge in [-0.25, -0.2) is 0 Å². The molecule has 104 valence electrons. The number of fused-ring (bicyclic) bond motifs is 3. The van der Waals surface area contributed by atoms with Crippen LogP contribution in [-0.2, 0) is 0 Å². The Morgan fingerprint density at radius 3 is 2.85 bits per heavy atom. The Hall–Kier alpha value is -1.12. The Kier molecular flexibility index (Phi) is 2.97. The average Bonchev–Trinajstić information content (AvgIpc) is 3.12. The van der Waals surface area contributed by atoms with Gasteiger partial charge in [-0.15, -0.1) is 11.3 Å². The highest BCUT2D eigenvalue weighted by molar-refractivity contribution is 7.17. The highest BCUT2D eigenvalue weighted by Gasteiger charge is 2.39. The number of likely N-dealkylation sites (N-methyl/N-ethyl adjacent to an activating group) is 1. The molecule has 2 bridgehead atoms. The van der Waals surface area contributed by atoms with Gasteiger partial charge < -0.3 is 4.90 Å². The van der Waals surface area contributed by atoms with Crippen LogP contribution in [0.1, 0.15) is 24.8 Å². The van der Waals surface area contributed by atoms with Crippen molar-refractivity contribution in [3.63, 3.8) is 0 Å². The lowest BCUT2D eigenvalue weighted by molar-refractivity contribution is 0.423. The number of hydrogen-bond donors (Lipinski definition) is 0. The Morgan fingerprint density at radius 1 is 1.15 bits per heavy atom. The van der Waals surface area contributed by atoms with E-state index in [1.54, 1.807) is 11.1 Å². The molecule has 1 fully saturated rings. The topological polar surface area (TPSA) is 3.24 Å². The number of thiophene rings is 1. The van der Waals surface area contributed by atoms with Gasteiger partial charge in [0.05, 0.1) is 0 Å². The Balaban J connectivity index is 1.82. The molecule has 2 aromatic rings. The molecular formula is C18H21NS. The molecule has 20 heavy (non-hydrogen) atoms. The minimum absolute atomic E-state index is 0.826. The second kappa shape index (κ2) is 4.71. The van der Waals surface area contributed by atoms with E-state index in [4.69, 9.17) is 0 Å². The van der Waals surface area contributed by atoms with Crippen molar-refractivity contribution >= 4 is 27.0 Å².